The normalized spacial score (nSPS) is 13.9. The van der Waals surface area contributed by atoms with Crippen molar-refractivity contribution < 1.29 is 22.8 Å². The van der Waals surface area contributed by atoms with Gasteiger partial charge >= 0.3 is 6.18 Å². The van der Waals surface area contributed by atoms with E-state index >= 15 is 0 Å². The lowest BCUT2D eigenvalue weighted by atomic mass is 10.1. The highest BCUT2D eigenvalue weighted by Crippen LogP contribution is 2.31. The third-order valence-corrected chi connectivity index (χ3v) is 5.08. The Bertz CT molecular complexity index is 922. The van der Waals surface area contributed by atoms with Crippen LogP contribution in [0.3, 0.4) is 0 Å². The Balaban J connectivity index is 1.74. The first kappa shape index (κ1) is 22.8. The molecule has 31 heavy (non-hydrogen) atoms. The second-order valence-electron chi connectivity index (χ2n) is 8.07. The van der Waals surface area contributed by atoms with Crippen molar-refractivity contribution in [2.75, 3.05) is 32.5 Å². The maximum absolute atomic E-state index is 13.1. The van der Waals surface area contributed by atoms with Gasteiger partial charge in [-0.2, -0.15) is 13.2 Å². The third-order valence-electron chi connectivity index (χ3n) is 5.08. The van der Waals surface area contributed by atoms with Gasteiger partial charge in [-0.05, 0) is 68.9 Å². The number of carbonyl (C=O) groups excluding carboxylic acids is 2. The van der Waals surface area contributed by atoms with Gasteiger partial charge < -0.3 is 15.1 Å². The molecule has 0 saturated heterocycles. The summed E-state index contributed by atoms with van der Waals surface area (Å²) < 4.78 is 39.1. The van der Waals surface area contributed by atoms with Crippen molar-refractivity contribution >= 4 is 17.5 Å². The predicted octanol–water partition coefficient (Wildman–Crippen LogP) is 4.26. The van der Waals surface area contributed by atoms with Crippen LogP contribution < -0.4 is 5.32 Å². The van der Waals surface area contributed by atoms with E-state index in [-0.39, 0.29) is 24.3 Å². The van der Waals surface area contributed by atoms with Crippen LogP contribution in [-0.2, 0) is 17.5 Å². The lowest BCUT2D eigenvalue weighted by Crippen LogP contribution is -2.36. The number of rotatable bonds is 8. The Morgan fingerprint density at radius 2 is 1.71 bits per heavy atom. The summed E-state index contributed by atoms with van der Waals surface area (Å²) in [5.74, 6) is -0.217. The topological polar surface area (TPSA) is 52.6 Å². The standard InChI is InChI=1S/C23H26F3N3O2/c1-28(2)12-13-29(15-16-4-3-5-19(14-16)23(24,25)26)22(31)18-8-10-20(11-9-18)27-21(30)17-6-7-17/h3-5,8-11,14,17H,6-7,12-13,15H2,1-2H3,(H,27,30). The quantitative estimate of drug-likeness (QED) is 0.677. The van der Waals surface area contributed by atoms with Gasteiger partial charge in [-0.15, -0.1) is 0 Å². The number of alkyl halides is 3. The van der Waals surface area contributed by atoms with Crippen LogP contribution in [0.1, 0.15) is 34.3 Å². The minimum absolute atomic E-state index is 0.0174. The van der Waals surface area contributed by atoms with E-state index in [1.165, 1.54) is 11.0 Å². The number of likely N-dealkylation sites (N-methyl/N-ethyl adjacent to an activating group) is 1. The molecular formula is C23H26F3N3O2. The molecule has 2 amide bonds. The molecule has 1 fully saturated rings. The second-order valence-corrected chi connectivity index (χ2v) is 8.07. The van der Waals surface area contributed by atoms with Crippen LogP contribution in [0, 0.1) is 5.92 Å². The maximum atomic E-state index is 13.1. The summed E-state index contributed by atoms with van der Waals surface area (Å²) in [6, 6.07) is 11.6. The van der Waals surface area contributed by atoms with Crippen LogP contribution >= 0.6 is 0 Å². The number of carbonyl (C=O) groups is 2. The smallest absolute Gasteiger partial charge is 0.333 e. The molecule has 0 heterocycles. The largest absolute Gasteiger partial charge is 0.416 e. The van der Waals surface area contributed by atoms with Crippen LogP contribution in [-0.4, -0.2) is 48.8 Å². The molecule has 8 heteroatoms. The minimum atomic E-state index is -4.44. The third kappa shape index (κ3) is 6.55. The predicted molar refractivity (Wildman–Crippen MR) is 113 cm³/mol. The summed E-state index contributed by atoms with van der Waals surface area (Å²) in [6.07, 6.45) is -2.63. The van der Waals surface area contributed by atoms with E-state index in [9.17, 15) is 22.8 Å². The zero-order chi connectivity index (χ0) is 22.6. The average Bonchev–Trinajstić information content (AvgIpc) is 3.56. The van der Waals surface area contributed by atoms with Crippen LogP contribution in [0.15, 0.2) is 48.5 Å². The first-order valence-corrected chi connectivity index (χ1v) is 10.1. The number of nitrogens with one attached hydrogen (secondary N) is 1. The van der Waals surface area contributed by atoms with Gasteiger partial charge in [-0.25, -0.2) is 0 Å². The molecule has 166 valence electrons. The van der Waals surface area contributed by atoms with E-state index in [1.807, 2.05) is 19.0 Å². The summed E-state index contributed by atoms with van der Waals surface area (Å²) in [4.78, 5) is 28.4. The molecule has 0 aliphatic heterocycles. The molecule has 0 unspecified atom stereocenters. The molecule has 2 aromatic rings. The first-order chi connectivity index (χ1) is 14.6. The molecule has 3 rings (SSSR count). The molecule has 1 aliphatic rings. The fourth-order valence-corrected chi connectivity index (χ4v) is 3.11. The van der Waals surface area contributed by atoms with Crippen LogP contribution in [0.2, 0.25) is 0 Å². The highest BCUT2D eigenvalue weighted by molar-refractivity contribution is 5.96. The van der Waals surface area contributed by atoms with Gasteiger partial charge in [0.1, 0.15) is 0 Å². The highest BCUT2D eigenvalue weighted by Gasteiger charge is 2.31. The van der Waals surface area contributed by atoms with E-state index in [4.69, 9.17) is 0 Å². The SMILES string of the molecule is CN(C)CCN(Cc1cccc(C(F)(F)F)c1)C(=O)c1ccc(NC(=O)C2CC2)cc1. The van der Waals surface area contributed by atoms with Crippen molar-refractivity contribution in [3.63, 3.8) is 0 Å². The Morgan fingerprint density at radius 3 is 2.29 bits per heavy atom. The molecule has 1 saturated carbocycles. The number of hydrogen-bond donors (Lipinski definition) is 1. The van der Waals surface area contributed by atoms with E-state index in [2.05, 4.69) is 5.32 Å². The van der Waals surface area contributed by atoms with E-state index in [0.29, 0.717) is 29.9 Å². The van der Waals surface area contributed by atoms with Crippen LogP contribution in [0.5, 0.6) is 0 Å². The Labute approximate surface area is 179 Å². The van der Waals surface area contributed by atoms with Gasteiger partial charge in [0.05, 0.1) is 5.56 Å². The van der Waals surface area contributed by atoms with Gasteiger partial charge in [0.15, 0.2) is 0 Å². The first-order valence-electron chi connectivity index (χ1n) is 10.1. The zero-order valence-corrected chi connectivity index (χ0v) is 17.6. The molecule has 1 N–H and O–H groups in total. The number of amides is 2. The van der Waals surface area contributed by atoms with Gasteiger partial charge in [-0.3, -0.25) is 9.59 Å². The summed E-state index contributed by atoms with van der Waals surface area (Å²) in [6.45, 7) is 0.999. The van der Waals surface area contributed by atoms with Crippen molar-refractivity contribution in [3.8, 4) is 0 Å². The van der Waals surface area contributed by atoms with Crippen molar-refractivity contribution in [3.05, 3.63) is 65.2 Å². The molecule has 2 aromatic carbocycles. The molecule has 5 nitrogen and oxygen atoms in total. The second kappa shape index (κ2) is 9.51. The summed E-state index contributed by atoms with van der Waals surface area (Å²) in [5, 5.41) is 2.82. The van der Waals surface area contributed by atoms with Crippen molar-refractivity contribution in [1.29, 1.82) is 0 Å². The van der Waals surface area contributed by atoms with E-state index in [1.54, 1.807) is 30.3 Å². The van der Waals surface area contributed by atoms with Crippen LogP contribution in [0.25, 0.3) is 0 Å². The fraction of sp³-hybridized carbons (Fsp3) is 0.391. The average molecular weight is 433 g/mol. The molecule has 0 atom stereocenters. The number of benzene rings is 2. The Morgan fingerprint density at radius 1 is 1.03 bits per heavy atom. The van der Waals surface area contributed by atoms with E-state index < -0.39 is 11.7 Å². The number of hydrogen-bond acceptors (Lipinski definition) is 3. The minimum Gasteiger partial charge on any atom is -0.333 e. The summed E-state index contributed by atoms with van der Waals surface area (Å²) >= 11 is 0. The summed E-state index contributed by atoms with van der Waals surface area (Å²) in [7, 11) is 3.73. The maximum Gasteiger partial charge on any atom is 0.416 e. The number of nitrogens with zero attached hydrogens (tertiary/aromatic N) is 2. The lowest BCUT2D eigenvalue weighted by Gasteiger charge is -2.25. The summed E-state index contributed by atoms with van der Waals surface area (Å²) in [5.41, 5.74) is 0.706. The highest BCUT2D eigenvalue weighted by atomic mass is 19.4. The molecular weight excluding hydrogens is 407 g/mol. The Hall–Kier alpha value is -2.87. The molecule has 0 radical (unpaired) electrons. The number of anilines is 1. The van der Waals surface area contributed by atoms with Gasteiger partial charge in [0.25, 0.3) is 5.91 Å². The number of halogens is 3. The zero-order valence-electron chi connectivity index (χ0n) is 17.6. The van der Waals surface area contributed by atoms with Gasteiger partial charge in [-0.1, -0.05) is 12.1 Å². The van der Waals surface area contributed by atoms with Gasteiger partial charge in [0.2, 0.25) is 5.91 Å². The van der Waals surface area contributed by atoms with E-state index in [0.717, 1.165) is 25.0 Å². The monoisotopic (exact) mass is 433 g/mol. The van der Waals surface area contributed by atoms with Crippen molar-refractivity contribution in [1.82, 2.24) is 9.80 Å². The lowest BCUT2D eigenvalue weighted by molar-refractivity contribution is -0.137. The molecule has 1 aliphatic carbocycles. The molecule has 0 spiro atoms. The Kier molecular flexibility index (Phi) is 7.00. The van der Waals surface area contributed by atoms with Gasteiger partial charge in [0, 0.05) is 36.8 Å². The van der Waals surface area contributed by atoms with Crippen molar-refractivity contribution in [2.24, 2.45) is 5.92 Å². The molecule has 0 aromatic heterocycles. The fourth-order valence-electron chi connectivity index (χ4n) is 3.11. The van der Waals surface area contributed by atoms with Crippen molar-refractivity contribution in [2.45, 2.75) is 25.6 Å². The van der Waals surface area contributed by atoms with Crippen LogP contribution in [0.4, 0.5) is 18.9 Å². The molecule has 0 bridgehead atoms.